The first kappa shape index (κ1) is 16.1. The third-order valence-electron chi connectivity index (χ3n) is 3.30. The minimum atomic E-state index is -0.159. The van der Waals surface area contributed by atoms with Gasteiger partial charge in [-0.25, -0.2) is 15.0 Å². The van der Waals surface area contributed by atoms with Crippen molar-refractivity contribution in [2.24, 2.45) is 5.92 Å². The maximum absolute atomic E-state index is 12.2. The number of imidazole rings is 1. The number of carbonyl (C=O) groups excluding carboxylic acids is 1. The summed E-state index contributed by atoms with van der Waals surface area (Å²) in [5, 5.41) is 2.89. The average Bonchev–Trinajstić information content (AvgIpc) is 2.83. The molecule has 0 fully saturated rings. The SMILES string of the molecule is Cc1nc(CC(C)C)cc(C(=O)NCCn2ccnc2C)n1. The third-order valence-corrected chi connectivity index (χ3v) is 3.30. The molecule has 0 atom stereocenters. The monoisotopic (exact) mass is 301 g/mol. The van der Waals surface area contributed by atoms with Gasteiger partial charge in [-0.05, 0) is 32.3 Å². The Morgan fingerprint density at radius 1 is 1.32 bits per heavy atom. The van der Waals surface area contributed by atoms with Crippen LogP contribution in [0.15, 0.2) is 18.5 Å². The molecule has 0 saturated heterocycles. The van der Waals surface area contributed by atoms with Crippen LogP contribution in [0, 0.1) is 19.8 Å². The minimum Gasteiger partial charge on any atom is -0.349 e. The molecule has 0 aromatic carbocycles. The quantitative estimate of drug-likeness (QED) is 0.884. The van der Waals surface area contributed by atoms with Crippen molar-refractivity contribution in [1.29, 1.82) is 0 Å². The summed E-state index contributed by atoms with van der Waals surface area (Å²) >= 11 is 0. The van der Waals surface area contributed by atoms with Gasteiger partial charge >= 0.3 is 0 Å². The Balaban J connectivity index is 1.97. The number of nitrogens with zero attached hydrogens (tertiary/aromatic N) is 4. The molecule has 1 N–H and O–H groups in total. The molecule has 0 bridgehead atoms. The van der Waals surface area contributed by atoms with Gasteiger partial charge in [-0.3, -0.25) is 4.79 Å². The lowest BCUT2D eigenvalue weighted by Gasteiger charge is -2.09. The second-order valence-corrected chi connectivity index (χ2v) is 5.81. The third kappa shape index (κ3) is 4.38. The molecule has 0 spiro atoms. The summed E-state index contributed by atoms with van der Waals surface area (Å²) in [6.07, 6.45) is 4.50. The van der Waals surface area contributed by atoms with E-state index in [1.807, 2.05) is 24.6 Å². The van der Waals surface area contributed by atoms with E-state index in [2.05, 4.69) is 34.1 Å². The normalized spacial score (nSPS) is 11.0. The number of carbonyl (C=O) groups is 1. The summed E-state index contributed by atoms with van der Waals surface area (Å²) in [5.41, 5.74) is 1.35. The number of aromatic nitrogens is 4. The maximum atomic E-state index is 12.2. The van der Waals surface area contributed by atoms with Crippen molar-refractivity contribution in [3.8, 4) is 0 Å². The van der Waals surface area contributed by atoms with Crippen molar-refractivity contribution in [2.75, 3.05) is 6.54 Å². The molecule has 6 heteroatoms. The smallest absolute Gasteiger partial charge is 0.270 e. The first-order chi connectivity index (χ1) is 10.5. The van der Waals surface area contributed by atoms with Gasteiger partial charge < -0.3 is 9.88 Å². The van der Waals surface area contributed by atoms with Crippen molar-refractivity contribution in [2.45, 2.75) is 40.7 Å². The van der Waals surface area contributed by atoms with Gasteiger partial charge in [-0.15, -0.1) is 0 Å². The lowest BCUT2D eigenvalue weighted by molar-refractivity contribution is 0.0946. The summed E-state index contributed by atoms with van der Waals surface area (Å²) in [4.78, 5) is 25.0. The van der Waals surface area contributed by atoms with Crippen LogP contribution in [0.3, 0.4) is 0 Å². The van der Waals surface area contributed by atoms with Crippen LogP contribution >= 0.6 is 0 Å². The van der Waals surface area contributed by atoms with Gasteiger partial charge in [-0.2, -0.15) is 0 Å². The van der Waals surface area contributed by atoms with Crippen molar-refractivity contribution in [3.05, 3.63) is 41.5 Å². The summed E-state index contributed by atoms with van der Waals surface area (Å²) in [7, 11) is 0. The number of hydrogen-bond acceptors (Lipinski definition) is 4. The predicted molar refractivity (Wildman–Crippen MR) is 84.6 cm³/mol. The van der Waals surface area contributed by atoms with E-state index < -0.39 is 0 Å². The number of rotatable bonds is 6. The lowest BCUT2D eigenvalue weighted by Crippen LogP contribution is -2.28. The number of nitrogens with one attached hydrogen (secondary N) is 1. The van der Waals surface area contributed by atoms with Crippen LogP contribution in [-0.2, 0) is 13.0 Å². The average molecular weight is 301 g/mol. The molecule has 0 aliphatic carbocycles. The zero-order valence-electron chi connectivity index (χ0n) is 13.6. The van der Waals surface area contributed by atoms with Gasteiger partial charge in [0.2, 0.25) is 0 Å². The van der Waals surface area contributed by atoms with Crippen LogP contribution in [-0.4, -0.2) is 32.0 Å². The van der Waals surface area contributed by atoms with Gasteiger partial charge in [0.1, 0.15) is 17.3 Å². The molecule has 2 heterocycles. The topological polar surface area (TPSA) is 72.7 Å². The summed E-state index contributed by atoms with van der Waals surface area (Å²) < 4.78 is 2.00. The van der Waals surface area contributed by atoms with E-state index in [9.17, 15) is 4.79 Å². The fourth-order valence-corrected chi connectivity index (χ4v) is 2.29. The molecule has 1 amide bonds. The Labute approximate surface area is 131 Å². The number of aryl methyl sites for hydroxylation is 2. The first-order valence-electron chi connectivity index (χ1n) is 7.56. The van der Waals surface area contributed by atoms with E-state index in [1.165, 1.54) is 0 Å². The zero-order valence-corrected chi connectivity index (χ0v) is 13.6. The van der Waals surface area contributed by atoms with Crippen molar-refractivity contribution in [3.63, 3.8) is 0 Å². The van der Waals surface area contributed by atoms with E-state index in [0.29, 0.717) is 30.5 Å². The highest BCUT2D eigenvalue weighted by atomic mass is 16.1. The van der Waals surface area contributed by atoms with E-state index >= 15 is 0 Å². The second kappa shape index (κ2) is 7.15. The highest BCUT2D eigenvalue weighted by Crippen LogP contribution is 2.07. The Morgan fingerprint density at radius 3 is 2.73 bits per heavy atom. The molecule has 0 unspecified atom stereocenters. The van der Waals surface area contributed by atoms with Gasteiger partial charge in [0, 0.05) is 31.2 Å². The molecule has 2 aromatic heterocycles. The van der Waals surface area contributed by atoms with Crippen LogP contribution in [0.5, 0.6) is 0 Å². The summed E-state index contributed by atoms with van der Waals surface area (Å²) in [5.74, 6) is 1.91. The van der Waals surface area contributed by atoms with E-state index in [-0.39, 0.29) is 5.91 Å². The largest absolute Gasteiger partial charge is 0.349 e. The predicted octanol–water partition coefficient (Wildman–Crippen LogP) is 1.92. The Bertz CT molecular complexity index is 648. The van der Waals surface area contributed by atoms with Gasteiger partial charge in [0.15, 0.2) is 0 Å². The standard InChI is InChI=1S/C16H23N5O/c1-11(2)9-14-10-15(20-12(3)19-14)16(22)18-6-8-21-7-5-17-13(21)4/h5,7,10-11H,6,8-9H2,1-4H3,(H,18,22). The molecule has 2 aromatic rings. The molecule has 118 valence electrons. The Morgan fingerprint density at radius 2 is 2.09 bits per heavy atom. The zero-order chi connectivity index (χ0) is 16.1. The van der Waals surface area contributed by atoms with E-state index in [0.717, 1.165) is 17.9 Å². The summed E-state index contributed by atoms with van der Waals surface area (Å²) in [6.45, 7) is 9.25. The Kier molecular flexibility index (Phi) is 5.25. The number of amides is 1. The van der Waals surface area contributed by atoms with Crippen molar-refractivity contribution < 1.29 is 4.79 Å². The van der Waals surface area contributed by atoms with Gasteiger partial charge in [-0.1, -0.05) is 13.8 Å². The van der Waals surface area contributed by atoms with Crippen molar-refractivity contribution in [1.82, 2.24) is 24.8 Å². The molecular weight excluding hydrogens is 278 g/mol. The van der Waals surface area contributed by atoms with Crippen LogP contribution in [0.2, 0.25) is 0 Å². The fraction of sp³-hybridized carbons (Fsp3) is 0.500. The molecule has 0 aliphatic rings. The molecule has 0 aliphatic heterocycles. The van der Waals surface area contributed by atoms with Crippen LogP contribution < -0.4 is 5.32 Å². The van der Waals surface area contributed by atoms with Crippen LogP contribution in [0.25, 0.3) is 0 Å². The highest BCUT2D eigenvalue weighted by molar-refractivity contribution is 5.92. The minimum absolute atomic E-state index is 0.159. The molecule has 2 rings (SSSR count). The van der Waals surface area contributed by atoms with E-state index in [1.54, 1.807) is 12.3 Å². The van der Waals surface area contributed by atoms with Crippen molar-refractivity contribution >= 4 is 5.91 Å². The summed E-state index contributed by atoms with van der Waals surface area (Å²) in [6, 6.07) is 1.78. The van der Waals surface area contributed by atoms with Crippen LogP contribution in [0.1, 0.15) is 41.7 Å². The molecular formula is C16H23N5O. The molecule has 6 nitrogen and oxygen atoms in total. The molecule has 0 radical (unpaired) electrons. The van der Waals surface area contributed by atoms with Gasteiger partial charge in [0.05, 0.1) is 0 Å². The maximum Gasteiger partial charge on any atom is 0.270 e. The lowest BCUT2D eigenvalue weighted by atomic mass is 10.1. The number of hydrogen-bond donors (Lipinski definition) is 1. The van der Waals surface area contributed by atoms with Crippen LogP contribution in [0.4, 0.5) is 0 Å². The van der Waals surface area contributed by atoms with Gasteiger partial charge in [0.25, 0.3) is 5.91 Å². The Hall–Kier alpha value is -2.24. The molecule has 22 heavy (non-hydrogen) atoms. The highest BCUT2D eigenvalue weighted by Gasteiger charge is 2.11. The fourth-order valence-electron chi connectivity index (χ4n) is 2.29. The van der Waals surface area contributed by atoms with E-state index in [4.69, 9.17) is 0 Å². The molecule has 0 saturated carbocycles. The first-order valence-corrected chi connectivity index (χ1v) is 7.56. The second-order valence-electron chi connectivity index (χ2n) is 5.81.